The van der Waals surface area contributed by atoms with Gasteiger partial charge in [0, 0.05) is 23.4 Å². The van der Waals surface area contributed by atoms with Crippen LogP contribution >= 0.6 is 22.6 Å². The normalized spacial score (nSPS) is 11.6. The van der Waals surface area contributed by atoms with Crippen molar-refractivity contribution < 1.29 is 13.2 Å². The van der Waals surface area contributed by atoms with Crippen molar-refractivity contribution in [1.29, 1.82) is 0 Å². The minimum absolute atomic E-state index is 0.193. The minimum Gasteiger partial charge on any atom is -0.377 e. The van der Waals surface area contributed by atoms with Crippen LogP contribution in [0.4, 0.5) is 18.9 Å². The Hall–Kier alpha value is -0.460. The number of halogens is 4. The summed E-state index contributed by atoms with van der Waals surface area (Å²) in [6.07, 6.45) is -4.29. The Morgan fingerprint density at radius 2 is 1.79 bits per heavy atom. The highest BCUT2D eigenvalue weighted by atomic mass is 127. The average Bonchev–Trinajstić information content (AvgIpc) is 2.01. The summed E-state index contributed by atoms with van der Waals surface area (Å²) in [7, 11) is 3.19. The van der Waals surface area contributed by atoms with E-state index in [-0.39, 0.29) is 5.69 Å². The summed E-state index contributed by atoms with van der Waals surface area (Å²) in [5.41, 5.74) is -0.396. The first kappa shape index (κ1) is 11.6. The minimum atomic E-state index is -4.29. The smallest absolute Gasteiger partial charge is 0.377 e. The van der Waals surface area contributed by atoms with E-state index >= 15 is 0 Å². The van der Waals surface area contributed by atoms with E-state index in [1.165, 1.54) is 11.0 Å². The summed E-state index contributed by atoms with van der Waals surface area (Å²) in [5.74, 6) is 0. The first-order valence-corrected chi connectivity index (χ1v) is 4.94. The Balaban J connectivity index is 3.30. The lowest BCUT2D eigenvalue weighted by Crippen LogP contribution is -2.16. The molecule has 0 N–H and O–H groups in total. The highest BCUT2D eigenvalue weighted by Crippen LogP contribution is 2.36. The van der Waals surface area contributed by atoms with Crippen molar-refractivity contribution in [2.45, 2.75) is 6.18 Å². The molecule has 0 heterocycles. The van der Waals surface area contributed by atoms with E-state index in [0.717, 1.165) is 6.07 Å². The third-order valence-electron chi connectivity index (χ3n) is 1.75. The molecule has 0 atom stereocenters. The van der Waals surface area contributed by atoms with Gasteiger partial charge in [0.25, 0.3) is 0 Å². The van der Waals surface area contributed by atoms with Gasteiger partial charge in [-0.15, -0.1) is 0 Å². The number of hydrogen-bond donors (Lipinski definition) is 0. The molecular weight excluding hydrogens is 306 g/mol. The highest BCUT2D eigenvalue weighted by molar-refractivity contribution is 14.1. The van der Waals surface area contributed by atoms with Crippen molar-refractivity contribution in [2.24, 2.45) is 0 Å². The lowest BCUT2D eigenvalue weighted by atomic mass is 10.1. The molecule has 14 heavy (non-hydrogen) atoms. The first-order chi connectivity index (χ1) is 6.32. The average molecular weight is 315 g/mol. The number of nitrogens with zero attached hydrogens (tertiary/aromatic N) is 1. The predicted octanol–water partition coefficient (Wildman–Crippen LogP) is 3.38. The molecule has 0 aliphatic carbocycles. The quantitative estimate of drug-likeness (QED) is 0.718. The molecule has 0 fully saturated rings. The fourth-order valence-corrected chi connectivity index (χ4v) is 1.62. The van der Waals surface area contributed by atoms with E-state index < -0.39 is 11.7 Å². The van der Waals surface area contributed by atoms with Gasteiger partial charge in [0.05, 0.1) is 5.56 Å². The molecule has 0 saturated carbocycles. The lowest BCUT2D eigenvalue weighted by Gasteiger charge is -2.19. The van der Waals surface area contributed by atoms with Crippen LogP contribution in [0, 0.1) is 3.57 Å². The number of alkyl halides is 3. The molecule has 1 rings (SSSR count). The molecule has 1 aromatic carbocycles. The Labute approximate surface area is 94.0 Å². The zero-order chi connectivity index (χ0) is 10.9. The van der Waals surface area contributed by atoms with Gasteiger partial charge < -0.3 is 4.90 Å². The molecule has 0 aliphatic rings. The van der Waals surface area contributed by atoms with Crippen molar-refractivity contribution in [3.8, 4) is 0 Å². The molecule has 0 aliphatic heterocycles. The Kier molecular flexibility index (Phi) is 3.28. The van der Waals surface area contributed by atoms with Crippen LogP contribution in [0.3, 0.4) is 0 Å². The Morgan fingerprint density at radius 3 is 2.21 bits per heavy atom. The van der Waals surface area contributed by atoms with Gasteiger partial charge in [-0.3, -0.25) is 0 Å². The second-order valence-electron chi connectivity index (χ2n) is 3.05. The van der Waals surface area contributed by atoms with Crippen LogP contribution in [0.25, 0.3) is 0 Å². The SMILES string of the molecule is CN(C)c1ccc(I)cc1C(F)(F)F. The van der Waals surface area contributed by atoms with E-state index in [0.29, 0.717) is 3.57 Å². The molecule has 0 aromatic heterocycles. The zero-order valence-electron chi connectivity index (χ0n) is 7.69. The van der Waals surface area contributed by atoms with Crippen molar-refractivity contribution in [1.82, 2.24) is 0 Å². The third kappa shape index (κ3) is 2.52. The maximum absolute atomic E-state index is 12.6. The molecular formula is C9H9F3IN. The second kappa shape index (κ2) is 3.96. The maximum Gasteiger partial charge on any atom is 0.418 e. The summed E-state index contributed by atoms with van der Waals surface area (Å²) in [5, 5.41) is 0. The summed E-state index contributed by atoms with van der Waals surface area (Å²) in [6.45, 7) is 0. The first-order valence-electron chi connectivity index (χ1n) is 3.86. The molecule has 5 heteroatoms. The largest absolute Gasteiger partial charge is 0.418 e. The van der Waals surface area contributed by atoms with E-state index in [1.54, 1.807) is 20.2 Å². The van der Waals surface area contributed by atoms with Gasteiger partial charge in [0.1, 0.15) is 0 Å². The molecule has 0 radical (unpaired) electrons. The standard InChI is InChI=1S/C9H9F3IN/c1-14(2)8-4-3-6(13)5-7(8)9(10,11)12/h3-5H,1-2H3. The molecule has 0 spiro atoms. The van der Waals surface area contributed by atoms with Crippen LogP contribution in [-0.2, 0) is 6.18 Å². The third-order valence-corrected chi connectivity index (χ3v) is 2.42. The van der Waals surface area contributed by atoms with Gasteiger partial charge in [0.15, 0.2) is 0 Å². The Morgan fingerprint density at radius 1 is 1.21 bits per heavy atom. The molecule has 1 aromatic rings. The molecule has 78 valence electrons. The highest BCUT2D eigenvalue weighted by Gasteiger charge is 2.34. The van der Waals surface area contributed by atoms with Gasteiger partial charge in [-0.25, -0.2) is 0 Å². The fraction of sp³-hybridized carbons (Fsp3) is 0.333. The monoisotopic (exact) mass is 315 g/mol. The molecule has 0 unspecified atom stereocenters. The number of hydrogen-bond acceptors (Lipinski definition) is 1. The van der Waals surface area contributed by atoms with Gasteiger partial charge in [-0.1, -0.05) is 0 Å². The fourth-order valence-electron chi connectivity index (χ4n) is 1.13. The zero-order valence-corrected chi connectivity index (χ0v) is 9.85. The van der Waals surface area contributed by atoms with Crippen LogP contribution in [0.15, 0.2) is 18.2 Å². The van der Waals surface area contributed by atoms with Gasteiger partial charge in [-0.05, 0) is 40.8 Å². The molecule has 0 bridgehead atoms. The number of benzene rings is 1. The van der Waals surface area contributed by atoms with Crippen LogP contribution in [0.2, 0.25) is 0 Å². The molecule has 0 amide bonds. The van der Waals surface area contributed by atoms with E-state index in [1.807, 2.05) is 22.6 Å². The van der Waals surface area contributed by atoms with E-state index in [2.05, 4.69) is 0 Å². The van der Waals surface area contributed by atoms with Gasteiger partial charge >= 0.3 is 6.18 Å². The van der Waals surface area contributed by atoms with Crippen molar-refractivity contribution >= 4 is 28.3 Å². The number of anilines is 1. The predicted molar refractivity (Wildman–Crippen MR) is 58.5 cm³/mol. The second-order valence-corrected chi connectivity index (χ2v) is 4.30. The summed E-state index contributed by atoms with van der Waals surface area (Å²) >= 11 is 1.87. The summed E-state index contributed by atoms with van der Waals surface area (Å²) < 4.78 is 38.3. The van der Waals surface area contributed by atoms with Gasteiger partial charge in [-0.2, -0.15) is 13.2 Å². The van der Waals surface area contributed by atoms with Crippen LogP contribution in [0.5, 0.6) is 0 Å². The summed E-state index contributed by atoms with van der Waals surface area (Å²) in [4.78, 5) is 1.46. The topological polar surface area (TPSA) is 3.24 Å². The van der Waals surface area contributed by atoms with Crippen molar-refractivity contribution in [2.75, 3.05) is 19.0 Å². The number of rotatable bonds is 1. The van der Waals surface area contributed by atoms with Crippen molar-refractivity contribution in [3.63, 3.8) is 0 Å². The summed E-state index contributed by atoms with van der Waals surface area (Å²) in [6, 6.07) is 4.28. The molecule has 0 saturated heterocycles. The lowest BCUT2D eigenvalue weighted by molar-refractivity contribution is -0.137. The van der Waals surface area contributed by atoms with E-state index in [4.69, 9.17) is 0 Å². The molecule has 1 nitrogen and oxygen atoms in total. The Bertz CT molecular complexity index is 333. The van der Waals surface area contributed by atoms with Crippen LogP contribution in [0.1, 0.15) is 5.56 Å². The van der Waals surface area contributed by atoms with Crippen molar-refractivity contribution in [3.05, 3.63) is 27.3 Å². The van der Waals surface area contributed by atoms with E-state index in [9.17, 15) is 13.2 Å². The maximum atomic E-state index is 12.6. The van der Waals surface area contributed by atoms with Crippen LogP contribution in [-0.4, -0.2) is 14.1 Å². The van der Waals surface area contributed by atoms with Gasteiger partial charge in [0.2, 0.25) is 0 Å². The van der Waals surface area contributed by atoms with Crippen LogP contribution < -0.4 is 4.90 Å².